The molecule has 1 atom stereocenters. The molecule has 0 saturated carbocycles. The smallest absolute Gasteiger partial charge is 0.329 e. The Kier molecular flexibility index (Phi) is 4.44. The lowest BCUT2D eigenvalue weighted by Crippen LogP contribution is -2.50. The van der Waals surface area contributed by atoms with Crippen LogP contribution < -0.4 is 4.90 Å². The van der Waals surface area contributed by atoms with Crippen LogP contribution in [-0.2, 0) is 4.79 Å². The van der Waals surface area contributed by atoms with Gasteiger partial charge in [0.15, 0.2) is 0 Å². The molecular weight excluding hydrogens is 318 g/mol. The fraction of sp³-hybridized carbons (Fsp3) is 0.316. The zero-order chi connectivity index (χ0) is 18.0. The molecule has 1 aromatic carbocycles. The summed E-state index contributed by atoms with van der Waals surface area (Å²) in [7, 11) is 1.90. The van der Waals surface area contributed by atoms with Crippen LogP contribution in [0.1, 0.15) is 30.1 Å². The van der Waals surface area contributed by atoms with Crippen molar-refractivity contribution in [2.24, 2.45) is 0 Å². The highest BCUT2D eigenvalue weighted by atomic mass is 16.4. The molecule has 0 bridgehead atoms. The Labute approximate surface area is 146 Å². The van der Waals surface area contributed by atoms with E-state index in [1.807, 2.05) is 42.3 Å². The highest BCUT2D eigenvalue weighted by molar-refractivity contribution is 5.98. The zero-order valence-electron chi connectivity index (χ0n) is 14.3. The van der Waals surface area contributed by atoms with Crippen molar-refractivity contribution in [2.45, 2.75) is 25.3 Å². The number of para-hydroxylation sites is 1. The summed E-state index contributed by atoms with van der Waals surface area (Å²) < 4.78 is 0. The van der Waals surface area contributed by atoms with E-state index in [1.165, 1.54) is 11.1 Å². The molecule has 2 aromatic rings. The molecular formula is C19H21N3O3. The normalized spacial score (nSPS) is 19.7. The van der Waals surface area contributed by atoms with Crippen LogP contribution in [0.5, 0.6) is 0 Å². The highest BCUT2D eigenvalue weighted by Gasteiger charge is 2.46. The molecule has 0 aliphatic carbocycles. The SMILES string of the molecule is CN(c1ccccc1)c1ccc(C(=O)N2CCCC2(C)C(=O)O)cn1. The minimum Gasteiger partial charge on any atom is -0.480 e. The first kappa shape index (κ1) is 17.0. The fourth-order valence-electron chi connectivity index (χ4n) is 3.16. The third-order valence-corrected chi connectivity index (χ3v) is 4.83. The number of carboxylic acids is 1. The average molecular weight is 339 g/mol. The van der Waals surface area contributed by atoms with Crippen molar-refractivity contribution >= 4 is 23.4 Å². The largest absolute Gasteiger partial charge is 0.480 e. The van der Waals surface area contributed by atoms with Gasteiger partial charge in [0.1, 0.15) is 11.4 Å². The van der Waals surface area contributed by atoms with E-state index in [0.717, 1.165) is 5.69 Å². The quantitative estimate of drug-likeness (QED) is 0.927. The molecule has 1 aliphatic heterocycles. The van der Waals surface area contributed by atoms with Gasteiger partial charge in [-0.3, -0.25) is 4.79 Å². The fourth-order valence-corrected chi connectivity index (χ4v) is 3.16. The maximum atomic E-state index is 12.7. The Morgan fingerprint density at radius 2 is 1.92 bits per heavy atom. The lowest BCUT2D eigenvalue weighted by atomic mass is 9.99. The van der Waals surface area contributed by atoms with Crippen molar-refractivity contribution in [1.82, 2.24) is 9.88 Å². The molecule has 1 aromatic heterocycles. The van der Waals surface area contributed by atoms with Gasteiger partial charge in [-0.25, -0.2) is 9.78 Å². The third-order valence-electron chi connectivity index (χ3n) is 4.83. The lowest BCUT2D eigenvalue weighted by Gasteiger charge is -2.31. The summed E-state index contributed by atoms with van der Waals surface area (Å²) in [5, 5.41) is 9.47. The van der Waals surface area contributed by atoms with Crippen LogP contribution in [0.15, 0.2) is 48.7 Å². The zero-order valence-corrected chi connectivity index (χ0v) is 14.3. The standard InChI is InChI=1S/C19H21N3O3/c1-19(18(24)25)11-6-12-22(19)17(23)14-9-10-16(20-13-14)21(2)15-7-4-3-5-8-15/h3-5,7-10,13H,6,11-12H2,1-2H3,(H,24,25). The summed E-state index contributed by atoms with van der Waals surface area (Å²) in [6.07, 6.45) is 2.67. The number of hydrogen-bond donors (Lipinski definition) is 1. The Bertz CT molecular complexity index is 776. The van der Waals surface area contributed by atoms with Gasteiger partial charge >= 0.3 is 5.97 Å². The van der Waals surface area contributed by atoms with Gasteiger partial charge < -0.3 is 14.9 Å². The minimum absolute atomic E-state index is 0.288. The number of carboxylic acid groups (broad SMARTS) is 1. The second-order valence-corrected chi connectivity index (χ2v) is 6.44. The number of amides is 1. The van der Waals surface area contributed by atoms with E-state index in [0.29, 0.717) is 30.8 Å². The number of pyridine rings is 1. The van der Waals surface area contributed by atoms with Crippen LogP contribution >= 0.6 is 0 Å². The van der Waals surface area contributed by atoms with Gasteiger partial charge in [0.2, 0.25) is 0 Å². The molecule has 6 nitrogen and oxygen atoms in total. The predicted octanol–water partition coefficient (Wildman–Crippen LogP) is 2.93. The number of rotatable bonds is 4. The predicted molar refractivity (Wildman–Crippen MR) is 95.1 cm³/mol. The summed E-state index contributed by atoms with van der Waals surface area (Å²) in [6, 6.07) is 13.3. The van der Waals surface area contributed by atoms with E-state index in [1.54, 1.807) is 19.1 Å². The first-order valence-electron chi connectivity index (χ1n) is 8.24. The molecule has 1 N–H and O–H groups in total. The molecule has 25 heavy (non-hydrogen) atoms. The van der Waals surface area contributed by atoms with Crippen molar-refractivity contribution in [3.8, 4) is 0 Å². The summed E-state index contributed by atoms with van der Waals surface area (Å²) in [4.78, 5) is 32.0. The molecule has 1 aliphatic rings. The van der Waals surface area contributed by atoms with Crippen LogP contribution in [0.2, 0.25) is 0 Å². The number of hydrogen-bond acceptors (Lipinski definition) is 4. The first-order valence-corrected chi connectivity index (χ1v) is 8.24. The molecule has 1 saturated heterocycles. The highest BCUT2D eigenvalue weighted by Crippen LogP contribution is 2.31. The summed E-state index contributed by atoms with van der Waals surface area (Å²) in [5.41, 5.74) is 0.253. The van der Waals surface area contributed by atoms with Gasteiger partial charge in [-0.05, 0) is 44.0 Å². The van der Waals surface area contributed by atoms with E-state index in [9.17, 15) is 14.7 Å². The summed E-state index contributed by atoms with van der Waals surface area (Å²) in [5.74, 6) is -0.541. The third kappa shape index (κ3) is 3.07. The van der Waals surface area contributed by atoms with Crippen molar-refractivity contribution in [3.05, 3.63) is 54.2 Å². The van der Waals surface area contributed by atoms with Crippen molar-refractivity contribution in [3.63, 3.8) is 0 Å². The first-order chi connectivity index (χ1) is 11.9. The van der Waals surface area contributed by atoms with E-state index in [4.69, 9.17) is 0 Å². The number of anilines is 2. The Balaban J connectivity index is 1.81. The average Bonchev–Trinajstić information content (AvgIpc) is 3.04. The Morgan fingerprint density at radius 1 is 1.20 bits per heavy atom. The molecule has 1 amide bonds. The van der Waals surface area contributed by atoms with Crippen molar-refractivity contribution in [2.75, 3.05) is 18.5 Å². The molecule has 2 heterocycles. The molecule has 0 spiro atoms. The summed E-state index contributed by atoms with van der Waals surface area (Å²) in [6.45, 7) is 2.05. The van der Waals surface area contributed by atoms with Gasteiger partial charge in [0.05, 0.1) is 5.56 Å². The van der Waals surface area contributed by atoms with Crippen LogP contribution in [0, 0.1) is 0 Å². The van der Waals surface area contributed by atoms with Crippen LogP contribution in [-0.4, -0.2) is 46.0 Å². The van der Waals surface area contributed by atoms with Crippen LogP contribution in [0.3, 0.4) is 0 Å². The molecule has 1 fully saturated rings. The molecule has 130 valence electrons. The van der Waals surface area contributed by atoms with E-state index in [2.05, 4.69) is 4.98 Å². The van der Waals surface area contributed by atoms with E-state index in [-0.39, 0.29) is 5.91 Å². The van der Waals surface area contributed by atoms with Crippen LogP contribution in [0.4, 0.5) is 11.5 Å². The number of carbonyl (C=O) groups is 2. The van der Waals surface area contributed by atoms with Gasteiger partial charge in [-0.15, -0.1) is 0 Å². The maximum Gasteiger partial charge on any atom is 0.329 e. The lowest BCUT2D eigenvalue weighted by molar-refractivity contribution is -0.147. The molecule has 6 heteroatoms. The minimum atomic E-state index is -1.14. The van der Waals surface area contributed by atoms with Crippen molar-refractivity contribution < 1.29 is 14.7 Å². The van der Waals surface area contributed by atoms with Crippen molar-refractivity contribution in [1.29, 1.82) is 0 Å². The number of benzene rings is 1. The van der Waals surface area contributed by atoms with Gasteiger partial charge in [-0.2, -0.15) is 0 Å². The molecule has 1 unspecified atom stereocenters. The van der Waals surface area contributed by atoms with Gasteiger partial charge in [-0.1, -0.05) is 18.2 Å². The number of aliphatic carboxylic acids is 1. The van der Waals surface area contributed by atoms with E-state index < -0.39 is 11.5 Å². The topological polar surface area (TPSA) is 73.7 Å². The van der Waals surface area contributed by atoms with Crippen LogP contribution in [0.25, 0.3) is 0 Å². The van der Waals surface area contributed by atoms with Gasteiger partial charge in [0, 0.05) is 25.5 Å². The monoisotopic (exact) mass is 339 g/mol. The second kappa shape index (κ2) is 6.55. The number of nitrogens with zero attached hydrogens (tertiary/aromatic N) is 3. The Morgan fingerprint density at radius 3 is 2.52 bits per heavy atom. The van der Waals surface area contributed by atoms with Gasteiger partial charge in [0.25, 0.3) is 5.91 Å². The summed E-state index contributed by atoms with van der Waals surface area (Å²) >= 11 is 0. The molecule has 0 radical (unpaired) electrons. The Hall–Kier alpha value is -2.89. The molecule has 3 rings (SSSR count). The number of likely N-dealkylation sites (tertiary alicyclic amines) is 1. The van der Waals surface area contributed by atoms with E-state index >= 15 is 0 Å². The number of aromatic nitrogens is 1. The maximum absolute atomic E-state index is 12.7. The number of carbonyl (C=O) groups excluding carboxylic acids is 1. The second-order valence-electron chi connectivity index (χ2n) is 6.44.